The fourth-order valence-corrected chi connectivity index (χ4v) is 2.40. The zero-order valence-electron chi connectivity index (χ0n) is 8.94. The van der Waals surface area contributed by atoms with Gasteiger partial charge >= 0.3 is 0 Å². The highest BCUT2D eigenvalue weighted by Gasteiger charge is 2.15. The quantitative estimate of drug-likeness (QED) is 0.875. The maximum Gasteiger partial charge on any atom is 0.263 e. The molecule has 0 fully saturated rings. The lowest BCUT2D eigenvalue weighted by molar-refractivity contribution is 0.598. The van der Waals surface area contributed by atoms with Crippen LogP contribution in [-0.4, -0.2) is 18.6 Å². The third-order valence-electron chi connectivity index (χ3n) is 2.18. The summed E-state index contributed by atoms with van der Waals surface area (Å²) in [5.41, 5.74) is 0.275. The molecule has 0 aliphatic heterocycles. The van der Waals surface area contributed by atoms with Gasteiger partial charge < -0.3 is 0 Å². The molecule has 90 valence electrons. The van der Waals surface area contributed by atoms with Gasteiger partial charge in [0.15, 0.2) is 0 Å². The Morgan fingerprint density at radius 1 is 1.35 bits per heavy atom. The van der Waals surface area contributed by atoms with Crippen molar-refractivity contribution in [1.29, 1.82) is 0 Å². The van der Waals surface area contributed by atoms with Gasteiger partial charge in [0.2, 0.25) is 0 Å². The maximum atomic E-state index is 13.0. The summed E-state index contributed by atoms with van der Waals surface area (Å²) < 4.78 is 39.1. The van der Waals surface area contributed by atoms with Gasteiger partial charge in [0.25, 0.3) is 10.0 Å². The van der Waals surface area contributed by atoms with E-state index in [0.29, 0.717) is 0 Å². The molecule has 0 bridgehead atoms. The zero-order valence-corrected chi connectivity index (χ0v) is 9.75. The predicted octanol–water partition coefficient (Wildman–Crippen LogP) is 1.66. The van der Waals surface area contributed by atoms with E-state index in [1.807, 2.05) is 0 Å². The normalized spacial score (nSPS) is 11.4. The second-order valence-corrected chi connectivity index (χ2v) is 5.17. The van der Waals surface area contributed by atoms with E-state index in [0.717, 1.165) is 6.07 Å². The van der Waals surface area contributed by atoms with Crippen LogP contribution in [0.25, 0.3) is 0 Å². The van der Waals surface area contributed by atoms with Gasteiger partial charge in [0, 0.05) is 6.07 Å². The first kappa shape index (κ1) is 11.6. The molecule has 0 unspecified atom stereocenters. The van der Waals surface area contributed by atoms with Crippen molar-refractivity contribution in [3.05, 3.63) is 41.8 Å². The Morgan fingerprint density at radius 3 is 2.71 bits per heavy atom. The number of halogens is 1. The minimum absolute atomic E-state index is 0.00556. The third-order valence-corrected chi connectivity index (χ3v) is 3.55. The minimum atomic E-state index is -3.71. The molecule has 2 N–H and O–H groups in total. The van der Waals surface area contributed by atoms with Crippen LogP contribution in [0.1, 0.15) is 5.56 Å². The van der Waals surface area contributed by atoms with Crippen molar-refractivity contribution >= 4 is 15.8 Å². The molecule has 7 heteroatoms. The molecule has 0 atom stereocenters. The van der Waals surface area contributed by atoms with Gasteiger partial charge in [0.1, 0.15) is 11.6 Å². The van der Waals surface area contributed by atoms with Gasteiger partial charge in [-0.05, 0) is 30.7 Å². The third kappa shape index (κ3) is 2.44. The summed E-state index contributed by atoms with van der Waals surface area (Å²) in [5.74, 6) is -0.183. The Labute approximate surface area is 97.7 Å². The standard InChI is InChI=1S/C10H10FN3O2S/c1-7-6-8(2-3-9(7)11)17(15,16)14-10-4-5-12-13-10/h2-6H,1H3,(H2,12,13,14). The van der Waals surface area contributed by atoms with Crippen molar-refractivity contribution in [2.45, 2.75) is 11.8 Å². The maximum absolute atomic E-state index is 13.0. The number of aryl methyl sites for hydroxylation is 1. The summed E-state index contributed by atoms with van der Waals surface area (Å²) in [6.07, 6.45) is 1.42. The Morgan fingerprint density at radius 2 is 2.12 bits per heavy atom. The largest absolute Gasteiger partial charge is 0.264 e. The number of nitrogens with zero attached hydrogens (tertiary/aromatic N) is 1. The molecule has 0 spiro atoms. The number of aromatic nitrogens is 2. The van der Waals surface area contributed by atoms with E-state index in [2.05, 4.69) is 14.9 Å². The number of hydrogen-bond acceptors (Lipinski definition) is 3. The van der Waals surface area contributed by atoms with Gasteiger partial charge in [0.05, 0.1) is 11.1 Å². The lowest BCUT2D eigenvalue weighted by Crippen LogP contribution is -2.13. The summed E-state index contributed by atoms with van der Waals surface area (Å²) >= 11 is 0. The highest BCUT2D eigenvalue weighted by Crippen LogP contribution is 2.16. The zero-order chi connectivity index (χ0) is 12.5. The smallest absolute Gasteiger partial charge is 0.263 e. The van der Waals surface area contributed by atoms with Crippen LogP contribution in [0.3, 0.4) is 0 Å². The number of sulfonamides is 1. The Hall–Kier alpha value is -1.89. The predicted molar refractivity (Wildman–Crippen MR) is 60.5 cm³/mol. The van der Waals surface area contributed by atoms with Crippen molar-refractivity contribution < 1.29 is 12.8 Å². The van der Waals surface area contributed by atoms with Gasteiger partial charge in [-0.3, -0.25) is 9.82 Å². The summed E-state index contributed by atoms with van der Waals surface area (Å²) in [6.45, 7) is 1.50. The first-order chi connectivity index (χ1) is 7.99. The molecular weight excluding hydrogens is 245 g/mol. The monoisotopic (exact) mass is 255 g/mol. The molecule has 1 aromatic heterocycles. The Balaban J connectivity index is 2.35. The number of anilines is 1. The van der Waals surface area contributed by atoms with Crippen molar-refractivity contribution in [2.75, 3.05) is 4.72 Å². The van der Waals surface area contributed by atoms with Crippen LogP contribution in [-0.2, 0) is 10.0 Å². The van der Waals surface area contributed by atoms with Crippen molar-refractivity contribution in [1.82, 2.24) is 10.2 Å². The molecule has 1 heterocycles. The van der Waals surface area contributed by atoms with Gasteiger partial charge in [-0.15, -0.1) is 0 Å². The van der Waals surface area contributed by atoms with Crippen molar-refractivity contribution in [2.24, 2.45) is 0 Å². The van der Waals surface area contributed by atoms with Crippen molar-refractivity contribution in [3.63, 3.8) is 0 Å². The number of benzene rings is 1. The van der Waals surface area contributed by atoms with Crippen LogP contribution in [0.5, 0.6) is 0 Å². The first-order valence-electron chi connectivity index (χ1n) is 4.77. The molecule has 0 saturated carbocycles. The summed E-state index contributed by atoms with van der Waals surface area (Å²) in [6, 6.07) is 5.08. The van der Waals surface area contributed by atoms with E-state index in [-0.39, 0.29) is 16.3 Å². The molecule has 1 aromatic carbocycles. The summed E-state index contributed by atoms with van der Waals surface area (Å²) in [4.78, 5) is 0.00556. The second-order valence-electron chi connectivity index (χ2n) is 3.49. The highest BCUT2D eigenvalue weighted by molar-refractivity contribution is 7.92. The van der Waals surface area contributed by atoms with Gasteiger partial charge in [-0.1, -0.05) is 0 Å². The first-order valence-corrected chi connectivity index (χ1v) is 6.26. The van der Waals surface area contributed by atoms with E-state index in [1.165, 1.54) is 31.3 Å². The second kappa shape index (κ2) is 4.17. The molecular formula is C10H10FN3O2S. The van der Waals surface area contributed by atoms with Gasteiger partial charge in [-0.2, -0.15) is 5.10 Å². The van der Waals surface area contributed by atoms with Crippen LogP contribution >= 0.6 is 0 Å². The fourth-order valence-electron chi connectivity index (χ4n) is 1.30. The van der Waals surface area contributed by atoms with E-state index >= 15 is 0 Å². The lowest BCUT2D eigenvalue weighted by atomic mass is 10.2. The van der Waals surface area contributed by atoms with E-state index < -0.39 is 15.8 Å². The Kier molecular flexibility index (Phi) is 2.84. The van der Waals surface area contributed by atoms with Crippen molar-refractivity contribution in [3.8, 4) is 0 Å². The van der Waals surface area contributed by atoms with E-state index in [4.69, 9.17) is 0 Å². The van der Waals surface area contributed by atoms with Crippen LogP contribution in [0, 0.1) is 12.7 Å². The van der Waals surface area contributed by atoms with Crippen LogP contribution in [0.4, 0.5) is 10.2 Å². The average Bonchev–Trinajstić information content (AvgIpc) is 2.73. The van der Waals surface area contributed by atoms with Crippen LogP contribution < -0.4 is 4.72 Å². The molecule has 0 saturated heterocycles. The topological polar surface area (TPSA) is 74.8 Å². The minimum Gasteiger partial charge on any atom is -0.264 e. The highest BCUT2D eigenvalue weighted by atomic mass is 32.2. The lowest BCUT2D eigenvalue weighted by Gasteiger charge is -2.06. The Bertz CT molecular complexity index is 623. The molecule has 0 radical (unpaired) electrons. The molecule has 2 rings (SSSR count). The van der Waals surface area contributed by atoms with Crippen LogP contribution in [0.15, 0.2) is 35.4 Å². The summed E-state index contributed by atoms with van der Waals surface area (Å²) in [7, 11) is -3.71. The number of nitrogens with one attached hydrogen (secondary N) is 2. The molecule has 17 heavy (non-hydrogen) atoms. The SMILES string of the molecule is Cc1cc(S(=O)(=O)Nc2ccn[nH]2)ccc1F. The molecule has 0 aliphatic carbocycles. The molecule has 0 aliphatic rings. The molecule has 5 nitrogen and oxygen atoms in total. The summed E-state index contributed by atoms with van der Waals surface area (Å²) in [5, 5.41) is 6.09. The number of H-pyrrole nitrogens is 1. The van der Waals surface area contributed by atoms with E-state index in [1.54, 1.807) is 0 Å². The average molecular weight is 255 g/mol. The van der Waals surface area contributed by atoms with E-state index in [9.17, 15) is 12.8 Å². The number of hydrogen-bond donors (Lipinski definition) is 2. The molecule has 2 aromatic rings. The number of aromatic amines is 1. The number of rotatable bonds is 3. The fraction of sp³-hybridized carbons (Fsp3) is 0.100. The van der Waals surface area contributed by atoms with Gasteiger partial charge in [-0.25, -0.2) is 12.8 Å². The molecule has 0 amide bonds. The van der Waals surface area contributed by atoms with Crippen LogP contribution in [0.2, 0.25) is 0 Å².